The van der Waals surface area contributed by atoms with Crippen molar-refractivity contribution < 1.29 is 13.9 Å². The van der Waals surface area contributed by atoms with Crippen LogP contribution in [0.15, 0.2) is 29.3 Å². The summed E-state index contributed by atoms with van der Waals surface area (Å²) < 4.78 is 25.7. The van der Waals surface area contributed by atoms with Crippen LogP contribution in [-0.4, -0.2) is 57.2 Å². The van der Waals surface area contributed by atoms with Crippen LogP contribution in [0.4, 0.5) is 10.1 Å². The lowest BCUT2D eigenvalue weighted by Crippen LogP contribution is -2.46. The van der Waals surface area contributed by atoms with Gasteiger partial charge in [-0.05, 0) is 77.1 Å². The molecule has 0 bridgehead atoms. The first kappa shape index (κ1) is 26.1. The van der Waals surface area contributed by atoms with E-state index in [1.807, 2.05) is 18.7 Å². The summed E-state index contributed by atoms with van der Waals surface area (Å²) in [6.07, 6.45) is 10.1. The molecule has 4 heterocycles. The Balaban J connectivity index is 1.38. The zero-order chi connectivity index (χ0) is 28.5. The van der Waals surface area contributed by atoms with E-state index in [0.717, 1.165) is 73.5 Å². The number of pyridine rings is 2. The molecule has 9 nitrogen and oxygen atoms in total. The normalized spacial score (nSPS) is 17.4. The fourth-order valence-electron chi connectivity index (χ4n) is 6.65. The molecule has 3 aromatic heterocycles. The molecule has 2 fully saturated rings. The molecule has 10 heteroatoms. The molecule has 1 aliphatic heterocycles. The summed E-state index contributed by atoms with van der Waals surface area (Å²) in [5, 5.41) is 3.83. The van der Waals surface area contributed by atoms with Crippen LogP contribution in [0.2, 0.25) is 0 Å². The lowest BCUT2D eigenvalue weighted by atomic mass is 9.73. The number of carbonyl (C=O) groups excluding carboxylic acids is 1. The Labute approximate surface area is 237 Å². The predicted molar refractivity (Wildman–Crippen MR) is 156 cm³/mol. The number of nitrogens with one attached hydrogen (secondary N) is 1. The maximum atomic E-state index is 16.1. The van der Waals surface area contributed by atoms with Crippen LogP contribution in [0.1, 0.15) is 50.5 Å². The predicted octanol–water partition coefficient (Wildman–Crippen LogP) is 4.59. The number of ether oxygens (including phenoxy) is 1. The van der Waals surface area contributed by atoms with Crippen LogP contribution in [0, 0.1) is 11.7 Å². The highest BCUT2D eigenvalue weighted by Crippen LogP contribution is 2.49. The molecule has 2 saturated carbocycles. The molecule has 1 aromatic carbocycles. The van der Waals surface area contributed by atoms with E-state index in [9.17, 15) is 9.59 Å². The number of benzene rings is 1. The summed E-state index contributed by atoms with van der Waals surface area (Å²) in [5.41, 5.74) is 4.13. The van der Waals surface area contributed by atoms with Gasteiger partial charge in [-0.15, -0.1) is 0 Å². The molecule has 4 aromatic rings. The van der Waals surface area contributed by atoms with Gasteiger partial charge < -0.3 is 15.0 Å². The molecule has 0 atom stereocenters. The molecule has 3 aliphatic rings. The zero-order valence-corrected chi connectivity index (χ0v) is 23.8. The number of aromatic nitrogens is 4. The van der Waals surface area contributed by atoms with Crippen molar-refractivity contribution in [3.05, 3.63) is 46.4 Å². The molecular weight excluding hydrogens is 523 g/mol. The number of anilines is 1. The minimum atomic E-state index is -0.394. The molecule has 0 saturated heterocycles. The third-order valence-corrected chi connectivity index (χ3v) is 9.16. The quantitative estimate of drug-likeness (QED) is 0.318. The average Bonchev–Trinajstić information content (AvgIpc) is 3.75. The standard InChI is InChI=1S/C31H35FN6O3/c1-36(2)12-5-13-41-29-23(35-28(39)18-6-7-18)14-19(16-34-29)25-20-8-11-31(9-4-10-31)38-27-24(37(3)30(38)40)17-33-22(26(20)27)15-21(25)32/h14-18H,4-13H2,1-3H3,(H,35,39). The molecule has 0 unspecified atom stereocenters. The van der Waals surface area contributed by atoms with E-state index in [-0.39, 0.29) is 23.1 Å². The van der Waals surface area contributed by atoms with Gasteiger partial charge in [-0.3, -0.25) is 18.9 Å². The summed E-state index contributed by atoms with van der Waals surface area (Å²) >= 11 is 0. The van der Waals surface area contributed by atoms with Gasteiger partial charge in [0.1, 0.15) is 11.5 Å². The van der Waals surface area contributed by atoms with Gasteiger partial charge in [0.15, 0.2) is 0 Å². The summed E-state index contributed by atoms with van der Waals surface area (Å²) in [6, 6.07) is 3.24. The third-order valence-electron chi connectivity index (χ3n) is 9.16. The van der Waals surface area contributed by atoms with Gasteiger partial charge in [-0.1, -0.05) is 0 Å². The summed E-state index contributed by atoms with van der Waals surface area (Å²) in [4.78, 5) is 37.6. The van der Waals surface area contributed by atoms with Gasteiger partial charge >= 0.3 is 5.69 Å². The summed E-state index contributed by atoms with van der Waals surface area (Å²) in [7, 11) is 5.79. The van der Waals surface area contributed by atoms with Crippen molar-refractivity contribution in [2.24, 2.45) is 13.0 Å². The van der Waals surface area contributed by atoms with Crippen LogP contribution < -0.4 is 15.7 Å². The highest BCUT2D eigenvalue weighted by Gasteiger charge is 2.43. The largest absolute Gasteiger partial charge is 0.476 e. The Bertz CT molecular complexity index is 1770. The van der Waals surface area contributed by atoms with Crippen molar-refractivity contribution in [3.8, 4) is 17.0 Å². The van der Waals surface area contributed by atoms with E-state index >= 15 is 4.39 Å². The van der Waals surface area contributed by atoms with Crippen LogP contribution >= 0.6 is 0 Å². The maximum Gasteiger partial charge on any atom is 0.329 e. The van der Waals surface area contributed by atoms with Crippen molar-refractivity contribution in [1.29, 1.82) is 0 Å². The molecule has 7 rings (SSSR count). The van der Waals surface area contributed by atoms with Gasteiger partial charge in [-0.25, -0.2) is 14.2 Å². The van der Waals surface area contributed by atoms with E-state index in [1.54, 1.807) is 30.1 Å². The first-order chi connectivity index (χ1) is 19.8. The fraction of sp³-hybridized carbons (Fsp3) is 0.484. The van der Waals surface area contributed by atoms with Crippen molar-refractivity contribution in [3.63, 3.8) is 0 Å². The number of fused-ring (bicyclic) bond motifs is 1. The number of rotatable bonds is 8. The summed E-state index contributed by atoms with van der Waals surface area (Å²) in [6.45, 7) is 1.31. The summed E-state index contributed by atoms with van der Waals surface area (Å²) in [5.74, 6) is -0.127. The molecule has 1 spiro atoms. The Morgan fingerprint density at radius 3 is 2.71 bits per heavy atom. The van der Waals surface area contributed by atoms with Crippen molar-refractivity contribution in [2.75, 3.05) is 32.6 Å². The first-order valence-electron chi connectivity index (χ1n) is 14.6. The van der Waals surface area contributed by atoms with E-state index in [0.29, 0.717) is 41.2 Å². The molecular formula is C31H35FN6O3. The number of imidazole rings is 1. The van der Waals surface area contributed by atoms with Crippen LogP contribution in [-0.2, 0) is 23.8 Å². The monoisotopic (exact) mass is 558 g/mol. The van der Waals surface area contributed by atoms with Crippen molar-refractivity contribution >= 4 is 33.5 Å². The average molecular weight is 559 g/mol. The number of hydrogen-bond acceptors (Lipinski definition) is 6. The Hall–Kier alpha value is -3.79. The smallest absolute Gasteiger partial charge is 0.329 e. The number of carbonyl (C=O) groups is 1. The van der Waals surface area contributed by atoms with E-state index in [1.165, 1.54) is 6.07 Å². The van der Waals surface area contributed by atoms with Crippen LogP contribution in [0.5, 0.6) is 5.88 Å². The van der Waals surface area contributed by atoms with Gasteiger partial charge in [0.25, 0.3) is 0 Å². The topological polar surface area (TPSA) is 94.3 Å². The molecule has 1 amide bonds. The molecule has 41 heavy (non-hydrogen) atoms. The number of nitrogens with zero attached hydrogens (tertiary/aromatic N) is 5. The van der Waals surface area contributed by atoms with Gasteiger partial charge in [0.2, 0.25) is 11.8 Å². The number of aryl methyl sites for hydroxylation is 2. The third kappa shape index (κ3) is 4.22. The van der Waals surface area contributed by atoms with Crippen LogP contribution in [0.25, 0.3) is 33.1 Å². The number of halogens is 1. The van der Waals surface area contributed by atoms with Crippen molar-refractivity contribution in [2.45, 2.75) is 56.9 Å². The van der Waals surface area contributed by atoms with Gasteiger partial charge in [0.05, 0.1) is 34.9 Å². The fourth-order valence-corrected chi connectivity index (χ4v) is 6.65. The Morgan fingerprint density at radius 2 is 2.00 bits per heavy atom. The lowest BCUT2D eigenvalue weighted by Gasteiger charge is -2.42. The minimum absolute atomic E-state index is 0.00448. The second-order valence-corrected chi connectivity index (χ2v) is 12.2. The molecule has 1 N–H and O–H groups in total. The van der Waals surface area contributed by atoms with Crippen molar-refractivity contribution in [1.82, 2.24) is 24.0 Å². The van der Waals surface area contributed by atoms with Gasteiger partial charge in [-0.2, -0.15) is 0 Å². The number of amides is 1. The van der Waals surface area contributed by atoms with E-state index < -0.39 is 5.82 Å². The minimum Gasteiger partial charge on any atom is -0.476 e. The molecule has 214 valence electrons. The second kappa shape index (κ2) is 9.65. The van der Waals surface area contributed by atoms with E-state index in [2.05, 4.69) is 20.2 Å². The maximum absolute atomic E-state index is 16.1. The molecule has 2 aliphatic carbocycles. The molecule has 0 radical (unpaired) electrons. The SMILES string of the molecule is CN(C)CCCOc1ncc(-c2c(F)cc3ncc4c5c3c2CCC2(CCC2)n5c(=O)n4C)cc1NC(=O)C1CC1. The highest BCUT2D eigenvalue weighted by atomic mass is 19.1. The highest BCUT2D eigenvalue weighted by molar-refractivity contribution is 6.07. The lowest BCUT2D eigenvalue weighted by molar-refractivity contribution is -0.117. The first-order valence-corrected chi connectivity index (χ1v) is 14.6. The van der Waals surface area contributed by atoms with Gasteiger partial charge in [0, 0.05) is 48.3 Å². The Morgan fingerprint density at radius 1 is 1.20 bits per heavy atom. The van der Waals surface area contributed by atoms with E-state index in [4.69, 9.17) is 4.74 Å². The number of hydrogen-bond donors (Lipinski definition) is 1. The van der Waals surface area contributed by atoms with Crippen LogP contribution in [0.3, 0.4) is 0 Å². The Kier molecular flexibility index (Phi) is 6.15. The zero-order valence-electron chi connectivity index (χ0n) is 23.8. The second-order valence-electron chi connectivity index (χ2n) is 12.2.